The van der Waals surface area contributed by atoms with Crippen molar-refractivity contribution in [1.82, 2.24) is 0 Å². The first-order chi connectivity index (χ1) is 8.27. The molecule has 0 aromatic heterocycles. The van der Waals surface area contributed by atoms with Gasteiger partial charge in [0.15, 0.2) is 0 Å². The summed E-state index contributed by atoms with van der Waals surface area (Å²) in [6.45, 7) is 0. The molecule has 1 aromatic carbocycles. The molecule has 0 saturated heterocycles. The summed E-state index contributed by atoms with van der Waals surface area (Å²) in [6.07, 6.45) is -5.19. The van der Waals surface area contributed by atoms with Crippen LogP contribution in [0.3, 0.4) is 0 Å². The number of alkyl halides is 3. The molecule has 0 radical (unpaired) electrons. The Morgan fingerprint density at radius 3 is 2.00 bits per heavy atom. The van der Waals surface area contributed by atoms with Crippen LogP contribution in [0, 0.1) is 0 Å². The quantitative estimate of drug-likeness (QED) is 0.843. The molecule has 0 saturated carbocycles. The molecule has 1 aromatic rings. The summed E-state index contributed by atoms with van der Waals surface area (Å²) in [5.41, 5.74) is -4.32. The normalized spacial score (nSPS) is 14.8. The van der Waals surface area contributed by atoms with Gasteiger partial charge >= 0.3 is 12.1 Å². The molecule has 0 fully saturated rings. The van der Waals surface area contributed by atoms with E-state index < -0.39 is 23.3 Å². The standard InChI is InChI=1S/C11H11F3O4/c1-17-8-5-3-7(4-6-8)10(16,9(15)18-2)11(12,13)14/h3-6,16H,1-2H3. The van der Waals surface area contributed by atoms with Gasteiger partial charge in [-0.2, -0.15) is 13.2 Å². The molecule has 7 heteroatoms. The lowest BCUT2D eigenvalue weighted by Gasteiger charge is -2.27. The number of esters is 1. The summed E-state index contributed by atoms with van der Waals surface area (Å²) >= 11 is 0. The number of ether oxygens (including phenoxy) is 2. The minimum Gasteiger partial charge on any atom is -0.497 e. The third-order valence-electron chi connectivity index (χ3n) is 2.40. The van der Waals surface area contributed by atoms with E-state index >= 15 is 0 Å². The van der Waals surface area contributed by atoms with Gasteiger partial charge in [0.05, 0.1) is 14.2 Å². The van der Waals surface area contributed by atoms with E-state index in [-0.39, 0.29) is 0 Å². The summed E-state index contributed by atoms with van der Waals surface area (Å²) in [6, 6.07) is 4.30. The Morgan fingerprint density at radius 2 is 1.67 bits per heavy atom. The summed E-state index contributed by atoms with van der Waals surface area (Å²) in [5.74, 6) is -1.49. The highest BCUT2D eigenvalue weighted by atomic mass is 19.4. The molecule has 0 aliphatic carbocycles. The SMILES string of the molecule is COC(=O)C(O)(c1ccc(OC)cc1)C(F)(F)F. The highest BCUT2D eigenvalue weighted by Crippen LogP contribution is 2.40. The molecule has 0 amide bonds. The largest absolute Gasteiger partial charge is 0.497 e. The number of hydrogen-bond acceptors (Lipinski definition) is 4. The van der Waals surface area contributed by atoms with Crippen molar-refractivity contribution in [2.75, 3.05) is 14.2 Å². The van der Waals surface area contributed by atoms with Gasteiger partial charge in [0.1, 0.15) is 5.75 Å². The zero-order valence-electron chi connectivity index (χ0n) is 9.62. The molecule has 0 heterocycles. The summed E-state index contributed by atoms with van der Waals surface area (Å²) < 4.78 is 47.3. The lowest BCUT2D eigenvalue weighted by Crippen LogP contribution is -2.49. The first kappa shape index (κ1) is 14.3. The molecule has 100 valence electrons. The highest BCUT2D eigenvalue weighted by molar-refractivity contribution is 5.82. The van der Waals surface area contributed by atoms with Crippen LogP contribution >= 0.6 is 0 Å². The monoisotopic (exact) mass is 264 g/mol. The third-order valence-corrected chi connectivity index (χ3v) is 2.40. The average molecular weight is 264 g/mol. The van der Waals surface area contributed by atoms with Gasteiger partial charge in [-0.25, -0.2) is 4.79 Å². The first-order valence-electron chi connectivity index (χ1n) is 4.79. The van der Waals surface area contributed by atoms with Gasteiger partial charge in [0.2, 0.25) is 0 Å². The van der Waals surface area contributed by atoms with E-state index in [4.69, 9.17) is 4.74 Å². The minimum atomic E-state index is -5.19. The third kappa shape index (κ3) is 2.26. The van der Waals surface area contributed by atoms with Crippen LogP contribution < -0.4 is 4.74 Å². The maximum Gasteiger partial charge on any atom is 0.432 e. The Balaban J connectivity index is 3.30. The van der Waals surface area contributed by atoms with Gasteiger partial charge in [0.25, 0.3) is 5.60 Å². The predicted octanol–water partition coefficient (Wildman–Crippen LogP) is 1.62. The topological polar surface area (TPSA) is 55.8 Å². The fraction of sp³-hybridized carbons (Fsp3) is 0.364. The van der Waals surface area contributed by atoms with Crippen molar-refractivity contribution in [3.8, 4) is 5.75 Å². The van der Waals surface area contributed by atoms with Crippen LogP contribution in [0.5, 0.6) is 5.75 Å². The van der Waals surface area contributed by atoms with Gasteiger partial charge < -0.3 is 14.6 Å². The molecular weight excluding hydrogens is 253 g/mol. The van der Waals surface area contributed by atoms with E-state index in [2.05, 4.69) is 4.74 Å². The first-order valence-corrected chi connectivity index (χ1v) is 4.79. The second kappa shape index (κ2) is 4.85. The van der Waals surface area contributed by atoms with Crippen molar-refractivity contribution < 1.29 is 32.5 Å². The van der Waals surface area contributed by atoms with E-state index in [1.54, 1.807) is 0 Å². The molecule has 1 N–H and O–H groups in total. The molecule has 0 aliphatic rings. The Morgan fingerprint density at radius 1 is 1.17 bits per heavy atom. The van der Waals surface area contributed by atoms with Crippen LogP contribution in [0.4, 0.5) is 13.2 Å². The Hall–Kier alpha value is -1.76. The fourth-order valence-electron chi connectivity index (χ4n) is 1.38. The van der Waals surface area contributed by atoms with Crippen LogP contribution in [0.15, 0.2) is 24.3 Å². The number of hydrogen-bond donors (Lipinski definition) is 1. The second-order valence-electron chi connectivity index (χ2n) is 3.43. The Bertz CT molecular complexity index is 427. The molecular formula is C11H11F3O4. The van der Waals surface area contributed by atoms with E-state index in [0.29, 0.717) is 5.75 Å². The number of aliphatic hydroxyl groups is 1. The van der Waals surface area contributed by atoms with Crippen LogP contribution in [0.1, 0.15) is 5.56 Å². The van der Waals surface area contributed by atoms with Crippen LogP contribution in [-0.2, 0) is 15.1 Å². The van der Waals surface area contributed by atoms with Crippen molar-refractivity contribution >= 4 is 5.97 Å². The van der Waals surface area contributed by atoms with Crippen molar-refractivity contribution in [2.45, 2.75) is 11.8 Å². The van der Waals surface area contributed by atoms with E-state index in [1.807, 2.05) is 0 Å². The van der Waals surface area contributed by atoms with Crippen LogP contribution in [-0.4, -0.2) is 31.5 Å². The van der Waals surface area contributed by atoms with Crippen molar-refractivity contribution in [3.63, 3.8) is 0 Å². The molecule has 0 spiro atoms. The zero-order valence-corrected chi connectivity index (χ0v) is 9.62. The number of benzene rings is 1. The molecule has 1 unspecified atom stereocenters. The lowest BCUT2D eigenvalue weighted by molar-refractivity contribution is -0.266. The van der Waals surface area contributed by atoms with E-state index in [0.717, 1.165) is 19.2 Å². The van der Waals surface area contributed by atoms with Crippen molar-refractivity contribution in [1.29, 1.82) is 0 Å². The average Bonchev–Trinajstić information content (AvgIpc) is 2.35. The van der Waals surface area contributed by atoms with Gasteiger partial charge in [0, 0.05) is 5.56 Å². The smallest absolute Gasteiger partial charge is 0.432 e. The molecule has 18 heavy (non-hydrogen) atoms. The van der Waals surface area contributed by atoms with Gasteiger partial charge in [-0.1, -0.05) is 12.1 Å². The number of rotatable bonds is 3. The second-order valence-corrected chi connectivity index (χ2v) is 3.43. The predicted molar refractivity (Wildman–Crippen MR) is 55.0 cm³/mol. The van der Waals surface area contributed by atoms with Crippen LogP contribution in [0.25, 0.3) is 0 Å². The minimum absolute atomic E-state index is 0.299. The van der Waals surface area contributed by atoms with Crippen molar-refractivity contribution in [3.05, 3.63) is 29.8 Å². The zero-order chi connectivity index (χ0) is 14.0. The number of halogens is 3. The number of methoxy groups -OCH3 is 2. The van der Waals surface area contributed by atoms with Gasteiger partial charge in [-0.05, 0) is 12.1 Å². The van der Waals surface area contributed by atoms with Gasteiger partial charge in [-0.15, -0.1) is 0 Å². The molecule has 4 nitrogen and oxygen atoms in total. The maximum absolute atomic E-state index is 12.8. The number of carbonyl (C=O) groups excluding carboxylic acids is 1. The summed E-state index contributed by atoms with van der Waals surface area (Å²) in [7, 11) is 2.10. The Kier molecular flexibility index (Phi) is 3.85. The lowest BCUT2D eigenvalue weighted by atomic mass is 9.93. The van der Waals surface area contributed by atoms with E-state index in [1.165, 1.54) is 19.2 Å². The Labute approximate surface area is 101 Å². The summed E-state index contributed by atoms with van der Waals surface area (Å²) in [5, 5.41) is 9.61. The van der Waals surface area contributed by atoms with Crippen LogP contribution in [0.2, 0.25) is 0 Å². The van der Waals surface area contributed by atoms with Gasteiger partial charge in [-0.3, -0.25) is 0 Å². The fourth-order valence-corrected chi connectivity index (χ4v) is 1.38. The maximum atomic E-state index is 12.8. The van der Waals surface area contributed by atoms with Crippen molar-refractivity contribution in [2.24, 2.45) is 0 Å². The molecule has 0 bridgehead atoms. The van der Waals surface area contributed by atoms with E-state index in [9.17, 15) is 23.1 Å². The highest BCUT2D eigenvalue weighted by Gasteiger charge is 2.62. The molecule has 1 rings (SSSR count). The molecule has 0 aliphatic heterocycles. The number of carbonyl (C=O) groups is 1. The summed E-state index contributed by atoms with van der Waals surface area (Å²) in [4.78, 5) is 11.2. The molecule has 1 atom stereocenters.